The third-order valence-electron chi connectivity index (χ3n) is 2.61. The lowest BCUT2D eigenvalue weighted by Crippen LogP contribution is -2.52. The number of hydrazine groups is 1. The summed E-state index contributed by atoms with van der Waals surface area (Å²) in [6.45, 7) is 8.98. The van der Waals surface area contributed by atoms with E-state index in [1.807, 2.05) is 30.1 Å². The summed E-state index contributed by atoms with van der Waals surface area (Å²) >= 11 is 5.09. The third-order valence-corrected chi connectivity index (χ3v) is 2.99. The Balaban J connectivity index is 2.56. The lowest BCUT2D eigenvalue weighted by Gasteiger charge is -2.36. The molecular weight excluding hydrogens is 234 g/mol. The molecule has 1 heterocycles. The van der Waals surface area contributed by atoms with Crippen LogP contribution in [0.5, 0.6) is 0 Å². The van der Waals surface area contributed by atoms with E-state index in [-0.39, 0.29) is 0 Å². The van der Waals surface area contributed by atoms with Crippen LogP contribution in [0.3, 0.4) is 0 Å². The highest BCUT2D eigenvalue weighted by molar-refractivity contribution is 7.80. The van der Waals surface area contributed by atoms with Crippen LogP contribution in [-0.2, 0) is 0 Å². The van der Waals surface area contributed by atoms with E-state index < -0.39 is 0 Å². The van der Waals surface area contributed by atoms with E-state index in [9.17, 15) is 0 Å². The molecule has 0 atom stereocenters. The Hall–Kier alpha value is -1.40. The van der Waals surface area contributed by atoms with E-state index in [1.165, 1.54) is 0 Å². The molecule has 3 N–H and O–H groups in total. The van der Waals surface area contributed by atoms with Crippen molar-refractivity contribution in [3.05, 3.63) is 24.0 Å². The summed E-state index contributed by atoms with van der Waals surface area (Å²) in [5.41, 5.74) is 2.50. The second kappa shape index (κ2) is 7.03. The first-order chi connectivity index (χ1) is 8.22. The van der Waals surface area contributed by atoms with Gasteiger partial charge in [-0.3, -0.25) is 0 Å². The molecular formula is C11H19N5S. The van der Waals surface area contributed by atoms with Crippen molar-refractivity contribution in [3.63, 3.8) is 0 Å². The number of nitrogens with two attached hydrogens (primary N) is 1. The van der Waals surface area contributed by atoms with Crippen LogP contribution in [0.15, 0.2) is 29.0 Å². The van der Waals surface area contributed by atoms with Gasteiger partial charge in [0.2, 0.25) is 0 Å². The molecule has 1 saturated heterocycles. The zero-order valence-corrected chi connectivity index (χ0v) is 10.9. The number of allylic oxidation sites excluding steroid dienone is 3. The number of thiocarbonyl (C=S) groups is 1. The van der Waals surface area contributed by atoms with Gasteiger partial charge in [0.25, 0.3) is 0 Å². The van der Waals surface area contributed by atoms with E-state index >= 15 is 0 Å². The van der Waals surface area contributed by atoms with Crippen molar-refractivity contribution in [2.24, 2.45) is 10.8 Å². The van der Waals surface area contributed by atoms with E-state index in [0.29, 0.717) is 5.11 Å². The number of nitrogens with zero attached hydrogens (tertiary/aromatic N) is 3. The van der Waals surface area contributed by atoms with Gasteiger partial charge >= 0.3 is 0 Å². The van der Waals surface area contributed by atoms with Crippen molar-refractivity contribution in [2.75, 3.05) is 26.2 Å². The standard InChI is InChI=1S/C11H19N5S/c1-3-4-5-10(13-2)15-6-8-16(9-7-15)11(17)14-12/h3-5H,2,6-9,12H2,1H3,(H,14,17). The van der Waals surface area contributed by atoms with E-state index in [1.54, 1.807) is 0 Å². The second-order valence-electron chi connectivity index (χ2n) is 3.63. The van der Waals surface area contributed by atoms with Crippen LogP contribution in [0.4, 0.5) is 0 Å². The highest BCUT2D eigenvalue weighted by Crippen LogP contribution is 2.10. The quantitative estimate of drug-likeness (QED) is 0.252. The lowest BCUT2D eigenvalue weighted by atomic mass is 10.3. The molecule has 1 rings (SSSR count). The number of hydrogen-bond donors (Lipinski definition) is 2. The maximum absolute atomic E-state index is 5.29. The summed E-state index contributed by atoms with van der Waals surface area (Å²) in [5.74, 6) is 6.19. The number of piperazine rings is 1. The Morgan fingerprint density at radius 1 is 1.35 bits per heavy atom. The summed E-state index contributed by atoms with van der Waals surface area (Å²) in [4.78, 5) is 8.26. The molecule has 6 heteroatoms. The molecule has 5 nitrogen and oxygen atoms in total. The average Bonchev–Trinajstić information content (AvgIpc) is 2.39. The average molecular weight is 253 g/mol. The number of rotatable bonds is 3. The van der Waals surface area contributed by atoms with Crippen LogP contribution in [0, 0.1) is 0 Å². The molecule has 0 aromatic carbocycles. The molecule has 0 aliphatic carbocycles. The number of hydrogen-bond acceptors (Lipinski definition) is 4. The molecule has 0 aromatic heterocycles. The van der Waals surface area contributed by atoms with Crippen LogP contribution >= 0.6 is 12.2 Å². The normalized spacial score (nSPS) is 17.4. The summed E-state index contributed by atoms with van der Waals surface area (Å²) in [5, 5.41) is 0.593. The van der Waals surface area contributed by atoms with Gasteiger partial charge in [-0.1, -0.05) is 12.2 Å². The number of aliphatic imine (C=N–C) groups is 1. The lowest BCUT2D eigenvalue weighted by molar-refractivity contribution is 0.219. The molecule has 94 valence electrons. The Labute approximate surface area is 108 Å². The predicted octanol–water partition coefficient (Wildman–Crippen LogP) is 0.470. The van der Waals surface area contributed by atoms with E-state index in [4.69, 9.17) is 18.1 Å². The fourth-order valence-corrected chi connectivity index (χ4v) is 1.85. The highest BCUT2D eigenvalue weighted by atomic mass is 32.1. The van der Waals surface area contributed by atoms with Crippen LogP contribution in [-0.4, -0.2) is 47.8 Å². The molecule has 1 aliphatic rings. The second-order valence-corrected chi connectivity index (χ2v) is 4.02. The Kier molecular flexibility index (Phi) is 5.65. The number of nitrogens with one attached hydrogen (secondary N) is 1. The molecule has 0 amide bonds. The van der Waals surface area contributed by atoms with Crippen molar-refractivity contribution in [2.45, 2.75) is 6.92 Å². The fourth-order valence-electron chi connectivity index (χ4n) is 1.67. The van der Waals surface area contributed by atoms with E-state index in [0.717, 1.165) is 32.0 Å². The van der Waals surface area contributed by atoms with E-state index in [2.05, 4.69) is 22.0 Å². The summed E-state index contributed by atoms with van der Waals surface area (Å²) in [6, 6.07) is 0. The smallest absolute Gasteiger partial charge is 0.183 e. The zero-order chi connectivity index (χ0) is 12.7. The molecule has 1 fully saturated rings. The van der Waals surface area contributed by atoms with Gasteiger partial charge in [-0.25, -0.2) is 10.8 Å². The molecule has 1 aliphatic heterocycles. The van der Waals surface area contributed by atoms with Crippen LogP contribution in [0.1, 0.15) is 6.92 Å². The van der Waals surface area contributed by atoms with Crippen molar-refractivity contribution >= 4 is 24.0 Å². The molecule has 0 bridgehead atoms. The van der Waals surface area contributed by atoms with Crippen molar-refractivity contribution in [3.8, 4) is 0 Å². The maximum atomic E-state index is 5.29. The fraction of sp³-hybridized carbons (Fsp3) is 0.455. The van der Waals surface area contributed by atoms with Crippen LogP contribution in [0.2, 0.25) is 0 Å². The Bertz CT molecular complexity index is 329. The van der Waals surface area contributed by atoms with Gasteiger partial charge in [0.15, 0.2) is 5.11 Å². The molecule has 17 heavy (non-hydrogen) atoms. The molecule has 0 saturated carbocycles. The van der Waals surface area contributed by atoms with Gasteiger partial charge in [-0.05, 0) is 31.9 Å². The topological polar surface area (TPSA) is 56.9 Å². The highest BCUT2D eigenvalue weighted by Gasteiger charge is 2.19. The van der Waals surface area contributed by atoms with Crippen molar-refractivity contribution in [1.82, 2.24) is 15.2 Å². The van der Waals surface area contributed by atoms with Crippen LogP contribution in [0.25, 0.3) is 0 Å². The van der Waals surface area contributed by atoms with Gasteiger partial charge in [-0.15, -0.1) is 0 Å². The summed E-state index contributed by atoms with van der Waals surface area (Å²) in [6.07, 6.45) is 5.89. The van der Waals surface area contributed by atoms with Gasteiger partial charge in [0.1, 0.15) is 5.82 Å². The van der Waals surface area contributed by atoms with Gasteiger partial charge in [-0.2, -0.15) is 0 Å². The minimum Gasteiger partial charge on any atom is -0.353 e. The van der Waals surface area contributed by atoms with Gasteiger partial charge in [0.05, 0.1) is 0 Å². The maximum Gasteiger partial charge on any atom is 0.183 e. The Morgan fingerprint density at radius 2 is 1.94 bits per heavy atom. The molecule has 0 aromatic rings. The molecule has 0 spiro atoms. The summed E-state index contributed by atoms with van der Waals surface area (Å²) in [7, 11) is 0. The SMILES string of the molecule is C=NC(=CC=CC)N1CCN(C(=S)NN)CC1. The molecule has 0 radical (unpaired) electrons. The zero-order valence-electron chi connectivity index (χ0n) is 10.1. The summed E-state index contributed by atoms with van der Waals surface area (Å²) < 4.78 is 0. The van der Waals surface area contributed by atoms with Crippen molar-refractivity contribution < 1.29 is 0 Å². The monoisotopic (exact) mass is 253 g/mol. The molecule has 0 unspecified atom stereocenters. The van der Waals surface area contributed by atoms with Crippen molar-refractivity contribution in [1.29, 1.82) is 0 Å². The Morgan fingerprint density at radius 3 is 2.41 bits per heavy atom. The first-order valence-electron chi connectivity index (χ1n) is 5.53. The predicted molar refractivity (Wildman–Crippen MR) is 75.5 cm³/mol. The minimum atomic E-state index is 0.593. The van der Waals surface area contributed by atoms with Gasteiger partial charge in [0, 0.05) is 26.2 Å². The first kappa shape index (κ1) is 13.7. The first-order valence-corrected chi connectivity index (χ1v) is 5.94. The third kappa shape index (κ3) is 3.83. The largest absolute Gasteiger partial charge is 0.353 e. The van der Waals surface area contributed by atoms with Crippen LogP contribution < -0.4 is 11.3 Å². The van der Waals surface area contributed by atoms with Gasteiger partial charge < -0.3 is 15.2 Å². The minimum absolute atomic E-state index is 0.593.